The highest BCUT2D eigenvalue weighted by atomic mass is 35.5. The molecule has 282 valence electrons. The normalized spacial score (nSPS) is 18.6. The number of carbonyl (C=O) groups excluding carboxylic acids is 2. The van der Waals surface area contributed by atoms with Gasteiger partial charge in [0.2, 0.25) is 17.7 Å². The lowest BCUT2D eigenvalue weighted by molar-refractivity contribution is -0.158. The molecular formula is C40H40Cl2F2N6O4. The summed E-state index contributed by atoms with van der Waals surface area (Å²) in [4.78, 5) is 40.9. The zero-order valence-corrected chi connectivity index (χ0v) is 31.8. The summed E-state index contributed by atoms with van der Waals surface area (Å²) >= 11 is 14.1. The standard InChI is InChI=1S/C40H40Cl2F2N6O4/c1-24(51)49-20-39(21-49)16-47(17-39)14-27-8-7-26(13-33(27)54-38(43)44)36-35(42)30(11-12-45-36)29-5-4-6-31(34(29)41)32-10-9-28(37(46-32)53-3)15-48-18-40(19-48)22-50(23-40)25(2)52/h4-13,38H,14-23H2,1-3H3. The number of methoxy groups -OCH3 is 1. The van der Waals surface area contributed by atoms with Crippen molar-refractivity contribution in [3.63, 3.8) is 0 Å². The third-order valence-electron chi connectivity index (χ3n) is 11.2. The van der Waals surface area contributed by atoms with E-state index in [-0.39, 0.29) is 28.4 Å². The first-order valence-corrected chi connectivity index (χ1v) is 18.6. The second-order valence-corrected chi connectivity index (χ2v) is 16.1. The number of amides is 2. The number of hydrogen-bond donors (Lipinski definition) is 0. The SMILES string of the molecule is COc1nc(-c2cccc(-c3ccnc(-c4ccc(CN5CC6(C5)CN(C(C)=O)C6)c(OC(F)F)c4)c3Cl)c2Cl)ccc1CN1CC2(C1)CN(C(C)=O)C2. The van der Waals surface area contributed by atoms with Crippen LogP contribution in [0.3, 0.4) is 0 Å². The third-order valence-corrected chi connectivity index (χ3v) is 12.0. The zero-order chi connectivity index (χ0) is 37.9. The highest BCUT2D eigenvalue weighted by Crippen LogP contribution is 2.45. The molecule has 0 aliphatic carbocycles. The predicted octanol–water partition coefficient (Wildman–Crippen LogP) is 6.72. The van der Waals surface area contributed by atoms with Crippen molar-refractivity contribution in [2.45, 2.75) is 33.5 Å². The Balaban J connectivity index is 1.00. The van der Waals surface area contributed by atoms with E-state index in [9.17, 15) is 18.4 Å². The van der Waals surface area contributed by atoms with E-state index in [4.69, 9.17) is 37.7 Å². The monoisotopic (exact) mass is 776 g/mol. The van der Waals surface area contributed by atoms with Gasteiger partial charge in [0, 0.05) is 130 Å². The molecule has 6 heterocycles. The van der Waals surface area contributed by atoms with E-state index in [1.54, 1.807) is 45.4 Å². The number of aromatic nitrogens is 2. The largest absolute Gasteiger partial charge is 0.481 e. The average molecular weight is 778 g/mol. The number of halogens is 4. The molecule has 0 bridgehead atoms. The van der Waals surface area contributed by atoms with Crippen LogP contribution in [0.15, 0.2) is 60.8 Å². The lowest BCUT2D eigenvalue weighted by atomic mass is 9.72. The van der Waals surface area contributed by atoms with Crippen LogP contribution in [0.5, 0.6) is 11.6 Å². The molecular weight excluding hydrogens is 737 g/mol. The van der Waals surface area contributed by atoms with Gasteiger partial charge in [-0.3, -0.25) is 24.4 Å². The molecule has 4 aliphatic heterocycles. The number of alkyl halides is 2. The molecule has 2 amide bonds. The lowest BCUT2D eigenvalue weighted by Gasteiger charge is -2.60. The Labute approximate surface area is 322 Å². The van der Waals surface area contributed by atoms with E-state index >= 15 is 0 Å². The fraction of sp³-hybridized carbons (Fsp3) is 0.400. The van der Waals surface area contributed by atoms with Crippen molar-refractivity contribution >= 4 is 35.0 Å². The first-order chi connectivity index (χ1) is 25.8. The molecule has 4 aliphatic rings. The van der Waals surface area contributed by atoms with Gasteiger partial charge in [0.15, 0.2) is 0 Å². The van der Waals surface area contributed by atoms with E-state index < -0.39 is 6.61 Å². The Bertz CT molecular complexity index is 2130. The molecule has 4 saturated heterocycles. The van der Waals surface area contributed by atoms with E-state index in [1.165, 1.54) is 0 Å². The summed E-state index contributed by atoms with van der Waals surface area (Å²) in [5, 5.41) is 0.744. The van der Waals surface area contributed by atoms with Gasteiger partial charge in [0.25, 0.3) is 0 Å². The van der Waals surface area contributed by atoms with Crippen LogP contribution in [0.1, 0.15) is 25.0 Å². The van der Waals surface area contributed by atoms with Crippen molar-refractivity contribution in [3.05, 3.63) is 82.0 Å². The molecule has 2 aromatic heterocycles. The van der Waals surface area contributed by atoms with E-state index in [1.807, 2.05) is 46.2 Å². The second-order valence-electron chi connectivity index (χ2n) is 15.3. The van der Waals surface area contributed by atoms with E-state index in [2.05, 4.69) is 14.8 Å². The van der Waals surface area contributed by atoms with Crippen molar-refractivity contribution in [2.24, 2.45) is 10.8 Å². The number of nitrogens with zero attached hydrogens (tertiary/aromatic N) is 6. The van der Waals surface area contributed by atoms with Crippen LogP contribution in [0.4, 0.5) is 8.78 Å². The Hall–Kier alpha value is -4.36. The molecule has 2 aromatic carbocycles. The number of hydrogen-bond acceptors (Lipinski definition) is 8. The average Bonchev–Trinajstić information content (AvgIpc) is 3.06. The minimum atomic E-state index is -3.01. The number of pyridine rings is 2. The summed E-state index contributed by atoms with van der Waals surface area (Å²) in [5.74, 6) is 0.772. The predicted molar refractivity (Wildman–Crippen MR) is 201 cm³/mol. The van der Waals surface area contributed by atoms with Crippen molar-refractivity contribution in [3.8, 4) is 45.3 Å². The van der Waals surface area contributed by atoms with Crippen LogP contribution in [-0.4, -0.2) is 107 Å². The van der Waals surface area contributed by atoms with Gasteiger partial charge in [-0.25, -0.2) is 4.98 Å². The highest BCUT2D eigenvalue weighted by molar-refractivity contribution is 6.39. The molecule has 0 atom stereocenters. The maximum absolute atomic E-state index is 13.6. The molecule has 2 spiro atoms. The molecule has 0 saturated carbocycles. The maximum Gasteiger partial charge on any atom is 0.387 e. The van der Waals surface area contributed by atoms with Crippen LogP contribution in [-0.2, 0) is 22.7 Å². The van der Waals surface area contributed by atoms with Crippen LogP contribution < -0.4 is 9.47 Å². The van der Waals surface area contributed by atoms with Crippen molar-refractivity contribution in [2.75, 3.05) is 59.5 Å². The molecule has 4 fully saturated rings. The van der Waals surface area contributed by atoms with Gasteiger partial charge < -0.3 is 19.3 Å². The summed E-state index contributed by atoms with van der Waals surface area (Å²) in [6, 6.07) is 16.5. The van der Waals surface area contributed by atoms with Gasteiger partial charge in [-0.2, -0.15) is 8.78 Å². The van der Waals surface area contributed by atoms with Gasteiger partial charge in [0.05, 0.1) is 28.5 Å². The molecule has 0 radical (unpaired) electrons. The third kappa shape index (κ3) is 6.78. The Morgan fingerprint density at radius 2 is 1.35 bits per heavy atom. The second kappa shape index (κ2) is 14.1. The fourth-order valence-electron chi connectivity index (χ4n) is 8.63. The van der Waals surface area contributed by atoms with Crippen LogP contribution >= 0.6 is 23.2 Å². The van der Waals surface area contributed by atoms with Crippen molar-refractivity contribution in [1.29, 1.82) is 0 Å². The van der Waals surface area contributed by atoms with Crippen LogP contribution in [0.25, 0.3) is 33.6 Å². The summed E-state index contributed by atoms with van der Waals surface area (Å²) in [6.45, 7) is 7.82. The van der Waals surface area contributed by atoms with Gasteiger partial charge in [-0.05, 0) is 18.2 Å². The molecule has 4 aromatic rings. The maximum atomic E-state index is 13.6. The highest BCUT2D eigenvalue weighted by Gasteiger charge is 2.53. The Kier molecular flexibility index (Phi) is 9.52. The van der Waals surface area contributed by atoms with E-state index in [0.717, 1.165) is 57.9 Å². The molecule has 0 N–H and O–H groups in total. The topological polar surface area (TPSA) is 91.3 Å². The smallest absolute Gasteiger partial charge is 0.387 e. The van der Waals surface area contributed by atoms with Gasteiger partial charge >= 0.3 is 6.61 Å². The quantitative estimate of drug-likeness (QED) is 0.175. The van der Waals surface area contributed by atoms with Crippen LogP contribution in [0, 0.1) is 10.8 Å². The van der Waals surface area contributed by atoms with Crippen LogP contribution in [0.2, 0.25) is 10.0 Å². The number of ether oxygens (including phenoxy) is 2. The number of rotatable bonds is 10. The molecule has 0 unspecified atom stereocenters. The number of carbonyl (C=O) groups is 2. The Morgan fingerprint density at radius 3 is 1.94 bits per heavy atom. The summed E-state index contributed by atoms with van der Waals surface area (Å²) < 4.78 is 38.0. The molecule has 14 heteroatoms. The van der Waals surface area contributed by atoms with Crippen molar-refractivity contribution < 1.29 is 27.8 Å². The first-order valence-electron chi connectivity index (χ1n) is 17.9. The zero-order valence-electron chi connectivity index (χ0n) is 30.3. The molecule has 10 nitrogen and oxygen atoms in total. The fourth-order valence-corrected chi connectivity index (χ4v) is 9.28. The van der Waals surface area contributed by atoms with E-state index in [0.29, 0.717) is 68.2 Å². The van der Waals surface area contributed by atoms with Gasteiger partial charge in [-0.15, -0.1) is 0 Å². The first kappa shape index (κ1) is 36.6. The number of likely N-dealkylation sites (tertiary alicyclic amines) is 4. The minimum absolute atomic E-state index is 0.0606. The molecule has 8 rings (SSSR count). The summed E-state index contributed by atoms with van der Waals surface area (Å²) in [6.07, 6.45) is 1.61. The van der Waals surface area contributed by atoms with Gasteiger partial charge in [0.1, 0.15) is 5.75 Å². The molecule has 54 heavy (non-hydrogen) atoms. The number of benzene rings is 2. The Morgan fingerprint density at radius 1 is 0.778 bits per heavy atom. The van der Waals surface area contributed by atoms with Gasteiger partial charge in [-0.1, -0.05) is 59.6 Å². The summed E-state index contributed by atoms with van der Waals surface area (Å²) in [5.41, 5.74) is 5.40. The van der Waals surface area contributed by atoms with Crippen molar-refractivity contribution in [1.82, 2.24) is 29.6 Å². The summed E-state index contributed by atoms with van der Waals surface area (Å²) in [7, 11) is 1.60. The lowest BCUT2D eigenvalue weighted by Crippen LogP contribution is -2.72. The minimum Gasteiger partial charge on any atom is -0.481 e.